The van der Waals surface area contributed by atoms with Crippen LogP contribution in [-0.4, -0.2) is 15.1 Å². The second-order valence-corrected chi connectivity index (χ2v) is 7.51. The zero-order valence-corrected chi connectivity index (χ0v) is 14.2. The molecule has 4 rings (SSSR count). The van der Waals surface area contributed by atoms with Crippen molar-refractivity contribution in [3.05, 3.63) is 51.7 Å². The third-order valence-electron chi connectivity index (χ3n) is 3.44. The highest BCUT2D eigenvalue weighted by molar-refractivity contribution is 7.15. The molecule has 0 fully saturated rings. The van der Waals surface area contributed by atoms with Crippen LogP contribution in [0.25, 0.3) is 33.4 Å². The molecule has 0 saturated heterocycles. The van der Waals surface area contributed by atoms with Gasteiger partial charge in [-0.3, -0.25) is 0 Å². The van der Waals surface area contributed by atoms with Gasteiger partial charge in [-0.25, -0.2) is 4.98 Å². The summed E-state index contributed by atoms with van der Waals surface area (Å²) in [4.78, 5) is 11.2. The molecule has 3 aromatic heterocycles. The van der Waals surface area contributed by atoms with E-state index in [1.54, 1.807) is 22.7 Å². The van der Waals surface area contributed by atoms with Crippen molar-refractivity contribution in [2.75, 3.05) is 0 Å². The van der Waals surface area contributed by atoms with Crippen molar-refractivity contribution in [2.24, 2.45) is 0 Å². The Morgan fingerprint density at radius 3 is 2.35 bits per heavy atom. The Bertz CT molecular complexity index is 950. The summed E-state index contributed by atoms with van der Waals surface area (Å²) in [5, 5.41) is 7.22. The van der Waals surface area contributed by atoms with Crippen LogP contribution in [0.5, 0.6) is 0 Å². The van der Waals surface area contributed by atoms with Crippen LogP contribution in [0.15, 0.2) is 46.3 Å². The number of aryl methyl sites for hydroxylation is 2. The highest BCUT2D eigenvalue weighted by atomic mass is 32.1. The number of thiophene rings is 1. The zero-order valence-electron chi connectivity index (χ0n) is 12.6. The van der Waals surface area contributed by atoms with Crippen LogP contribution in [0.4, 0.5) is 0 Å². The molecule has 0 bridgehead atoms. The van der Waals surface area contributed by atoms with Crippen LogP contribution >= 0.6 is 22.7 Å². The van der Waals surface area contributed by atoms with Crippen molar-refractivity contribution in [3.63, 3.8) is 0 Å². The van der Waals surface area contributed by atoms with E-state index in [1.807, 2.05) is 37.3 Å². The first-order chi connectivity index (χ1) is 11.2. The van der Waals surface area contributed by atoms with Gasteiger partial charge in [0.05, 0.1) is 15.6 Å². The number of benzene rings is 1. The third-order valence-corrected chi connectivity index (χ3v) is 5.20. The molecule has 3 heterocycles. The van der Waals surface area contributed by atoms with E-state index in [9.17, 15) is 0 Å². The van der Waals surface area contributed by atoms with Gasteiger partial charge in [0, 0.05) is 21.4 Å². The van der Waals surface area contributed by atoms with E-state index in [0.29, 0.717) is 11.7 Å². The van der Waals surface area contributed by atoms with E-state index >= 15 is 0 Å². The standard InChI is InChI=1S/C17H13N3OS2/c1-10-3-8-15(23-10)17-19-16(20-21-17)13-6-4-12(5-7-13)14-9-22-11(2)18-14/h3-9H,1-2H3. The molecule has 0 atom stereocenters. The lowest BCUT2D eigenvalue weighted by Gasteiger charge is -1.98. The SMILES string of the molecule is Cc1ccc(-c2nc(-c3ccc(-c4csc(C)n4)cc3)no2)s1. The maximum atomic E-state index is 5.38. The first-order valence-electron chi connectivity index (χ1n) is 7.12. The fourth-order valence-electron chi connectivity index (χ4n) is 2.28. The molecule has 23 heavy (non-hydrogen) atoms. The molecule has 0 aliphatic rings. The lowest BCUT2D eigenvalue weighted by atomic mass is 10.1. The molecule has 0 amide bonds. The van der Waals surface area contributed by atoms with E-state index in [2.05, 4.69) is 33.5 Å². The molecular weight excluding hydrogens is 326 g/mol. The van der Waals surface area contributed by atoms with Crippen LogP contribution in [0.1, 0.15) is 9.88 Å². The monoisotopic (exact) mass is 339 g/mol. The van der Waals surface area contributed by atoms with Gasteiger partial charge in [-0.1, -0.05) is 29.4 Å². The summed E-state index contributed by atoms with van der Waals surface area (Å²) in [7, 11) is 0. The Morgan fingerprint density at radius 2 is 1.70 bits per heavy atom. The van der Waals surface area contributed by atoms with Crippen molar-refractivity contribution in [1.82, 2.24) is 15.1 Å². The minimum Gasteiger partial charge on any atom is -0.333 e. The van der Waals surface area contributed by atoms with Crippen molar-refractivity contribution in [3.8, 4) is 33.4 Å². The maximum absolute atomic E-state index is 5.38. The van der Waals surface area contributed by atoms with Crippen molar-refractivity contribution in [2.45, 2.75) is 13.8 Å². The molecule has 0 unspecified atom stereocenters. The molecule has 114 valence electrons. The normalized spacial score (nSPS) is 11.0. The van der Waals surface area contributed by atoms with Gasteiger partial charge in [0.2, 0.25) is 5.82 Å². The Kier molecular flexibility index (Phi) is 3.55. The molecule has 4 aromatic rings. The minimum atomic E-state index is 0.567. The Morgan fingerprint density at radius 1 is 0.913 bits per heavy atom. The zero-order chi connectivity index (χ0) is 15.8. The third kappa shape index (κ3) is 2.83. The Balaban J connectivity index is 1.62. The smallest absolute Gasteiger partial charge is 0.268 e. The molecule has 0 aliphatic heterocycles. The molecule has 6 heteroatoms. The number of nitrogens with zero attached hydrogens (tertiary/aromatic N) is 3. The summed E-state index contributed by atoms with van der Waals surface area (Å²) < 4.78 is 5.38. The number of hydrogen-bond donors (Lipinski definition) is 0. The first kappa shape index (κ1) is 14.3. The molecule has 0 saturated carbocycles. The first-order valence-corrected chi connectivity index (χ1v) is 8.82. The Hall–Kier alpha value is -2.31. The van der Waals surface area contributed by atoms with Gasteiger partial charge in [-0.05, 0) is 26.0 Å². The van der Waals surface area contributed by atoms with Gasteiger partial charge in [-0.15, -0.1) is 22.7 Å². The van der Waals surface area contributed by atoms with Crippen LogP contribution in [0.2, 0.25) is 0 Å². The summed E-state index contributed by atoms with van der Waals surface area (Å²) in [6.45, 7) is 4.07. The molecule has 0 aliphatic carbocycles. The second kappa shape index (κ2) is 5.72. The lowest BCUT2D eigenvalue weighted by molar-refractivity contribution is 0.433. The predicted octanol–water partition coefficient (Wildman–Crippen LogP) is 5.21. The average molecular weight is 339 g/mol. The second-order valence-electron chi connectivity index (χ2n) is 5.16. The van der Waals surface area contributed by atoms with Gasteiger partial charge >= 0.3 is 0 Å². The summed E-state index contributed by atoms with van der Waals surface area (Å²) in [5.41, 5.74) is 3.03. The van der Waals surface area contributed by atoms with Gasteiger partial charge in [0.25, 0.3) is 5.89 Å². The maximum Gasteiger partial charge on any atom is 0.268 e. The van der Waals surface area contributed by atoms with E-state index < -0.39 is 0 Å². The largest absolute Gasteiger partial charge is 0.333 e. The van der Waals surface area contributed by atoms with E-state index in [0.717, 1.165) is 26.7 Å². The topological polar surface area (TPSA) is 51.8 Å². The van der Waals surface area contributed by atoms with Crippen molar-refractivity contribution < 1.29 is 4.52 Å². The van der Waals surface area contributed by atoms with Crippen LogP contribution < -0.4 is 0 Å². The highest BCUT2D eigenvalue weighted by Gasteiger charge is 2.12. The van der Waals surface area contributed by atoms with E-state index in [1.165, 1.54) is 4.88 Å². The number of hydrogen-bond acceptors (Lipinski definition) is 6. The highest BCUT2D eigenvalue weighted by Crippen LogP contribution is 2.29. The van der Waals surface area contributed by atoms with Crippen LogP contribution in [0.3, 0.4) is 0 Å². The predicted molar refractivity (Wildman–Crippen MR) is 93.6 cm³/mol. The fraction of sp³-hybridized carbons (Fsp3) is 0.118. The molecule has 0 N–H and O–H groups in total. The van der Waals surface area contributed by atoms with Gasteiger partial charge in [0.15, 0.2) is 0 Å². The van der Waals surface area contributed by atoms with Gasteiger partial charge < -0.3 is 4.52 Å². The van der Waals surface area contributed by atoms with Crippen molar-refractivity contribution in [1.29, 1.82) is 0 Å². The van der Waals surface area contributed by atoms with Gasteiger partial charge in [-0.2, -0.15) is 4.98 Å². The van der Waals surface area contributed by atoms with E-state index in [-0.39, 0.29) is 0 Å². The van der Waals surface area contributed by atoms with Gasteiger partial charge in [0.1, 0.15) is 0 Å². The van der Waals surface area contributed by atoms with Crippen LogP contribution in [0, 0.1) is 13.8 Å². The Labute approximate surface area is 141 Å². The van der Waals surface area contributed by atoms with Crippen molar-refractivity contribution >= 4 is 22.7 Å². The number of aromatic nitrogens is 3. The van der Waals surface area contributed by atoms with E-state index in [4.69, 9.17) is 4.52 Å². The lowest BCUT2D eigenvalue weighted by Crippen LogP contribution is -1.82. The van der Waals surface area contributed by atoms with Crippen LogP contribution in [-0.2, 0) is 0 Å². The quantitative estimate of drug-likeness (QED) is 0.514. The fourth-order valence-corrected chi connectivity index (χ4v) is 3.69. The minimum absolute atomic E-state index is 0.567. The summed E-state index contributed by atoms with van der Waals surface area (Å²) in [6, 6.07) is 12.1. The summed E-state index contributed by atoms with van der Waals surface area (Å²) in [5.74, 6) is 1.17. The molecule has 1 aromatic carbocycles. The molecule has 4 nitrogen and oxygen atoms in total. The average Bonchev–Trinajstić information content (AvgIpc) is 3.28. The summed E-state index contributed by atoms with van der Waals surface area (Å²) in [6.07, 6.45) is 0. The number of thiazole rings is 1. The molecule has 0 radical (unpaired) electrons. The number of rotatable bonds is 3. The molecular formula is C17H13N3OS2. The summed E-state index contributed by atoms with van der Waals surface area (Å²) >= 11 is 3.30. The molecule has 0 spiro atoms.